The first-order valence-corrected chi connectivity index (χ1v) is 12.7. The molecule has 0 saturated carbocycles. The van der Waals surface area contributed by atoms with Crippen molar-refractivity contribution in [1.29, 1.82) is 0 Å². The number of hydrogen-bond donors (Lipinski definition) is 0. The van der Waals surface area contributed by atoms with Gasteiger partial charge in [0.25, 0.3) is 5.13 Å². The number of hydrogen-bond acceptors (Lipinski definition) is 8. The van der Waals surface area contributed by atoms with E-state index in [1.165, 1.54) is 17.3 Å². The highest BCUT2D eigenvalue weighted by atomic mass is 79.9. The zero-order chi connectivity index (χ0) is 20.5. The standard InChI is InChI=1S/C11H16BrN3O4S3.C6H4/c1-8(20)19-11-14(4-3-12)5-6-15(11,16)10-13-7-9(21-10)22(2,17)18;1-2-5-4-6(5)3-1/h7,11H,3-6H2,1-2H3;1-4H. The summed E-state index contributed by atoms with van der Waals surface area (Å²) < 4.78 is 28.0. The number of benzene rings is 1. The fourth-order valence-corrected chi connectivity index (χ4v) is 5.20. The van der Waals surface area contributed by atoms with Crippen LogP contribution in [0.15, 0.2) is 34.7 Å². The Bertz CT molecular complexity index is 964. The molecule has 2 unspecified atom stereocenters. The van der Waals surface area contributed by atoms with E-state index >= 15 is 0 Å². The number of fused-ring (bicyclic) bond motifs is 1. The molecule has 7 nitrogen and oxygen atoms in total. The van der Waals surface area contributed by atoms with E-state index in [1.807, 2.05) is 4.90 Å². The van der Waals surface area contributed by atoms with Gasteiger partial charge in [-0.3, -0.25) is 4.65 Å². The van der Waals surface area contributed by atoms with Gasteiger partial charge in [-0.05, 0) is 40.7 Å². The summed E-state index contributed by atoms with van der Waals surface area (Å²) in [5, 5.41) is 14.4. The van der Waals surface area contributed by atoms with Crippen LogP contribution in [-0.2, 0) is 14.6 Å². The molecule has 1 aromatic heterocycles. The molecule has 152 valence electrons. The molecule has 1 saturated heterocycles. The largest absolute Gasteiger partial charge is 0.622 e. The minimum atomic E-state index is -3.38. The summed E-state index contributed by atoms with van der Waals surface area (Å²) >= 11 is 9.20. The number of thiocarbonyl (C=S) groups is 1. The third-order valence-corrected chi connectivity index (χ3v) is 7.65. The van der Waals surface area contributed by atoms with E-state index in [0.717, 1.165) is 17.6 Å². The van der Waals surface area contributed by atoms with Crippen LogP contribution in [0.3, 0.4) is 0 Å². The van der Waals surface area contributed by atoms with Gasteiger partial charge in [-0.15, -0.1) is 0 Å². The zero-order valence-electron chi connectivity index (χ0n) is 15.4. The highest BCUT2D eigenvalue weighted by molar-refractivity contribution is 9.09. The van der Waals surface area contributed by atoms with Crippen molar-refractivity contribution in [3.63, 3.8) is 0 Å². The predicted octanol–water partition coefficient (Wildman–Crippen LogP) is 3.38. The van der Waals surface area contributed by atoms with E-state index in [4.69, 9.17) is 17.0 Å². The van der Waals surface area contributed by atoms with E-state index in [0.29, 0.717) is 18.4 Å². The van der Waals surface area contributed by atoms with Crippen LogP contribution in [-0.4, -0.2) is 60.9 Å². The van der Waals surface area contributed by atoms with Crippen molar-refractivity contribution >= 4 is 59.5 Å². The van der Waals surface area contributed by atoms with E-state index < -0.39 is 20.8 Å². The van der Waals surface area contributed by atoms with E-state index in [1.54, 1.807) is 6.92 Å². The molecule has 0 N–H and O–H groups in total. The van der Waals surface area contributed by atoms with Crippen LogP contribution in [0.1, 0.15) is 6.92 Å². The molecule has 4 rings (SSSR count). The summed E-state index contributed by atoms with van der Waals surface area (Å²) in [6.45, 7) is 2.99. The Hall–Kier alpha value is -0.950. The monoisotopic (exact) mass is 505 g/mol. The summed E-state index contributed by atoms with van der Waals surface area (Å²) in [4.78, 5) is 5.90. The molecular weight excluding hydrogens is 486 g/mol. The number of nitrogens with zero attached hydrogens (tertiary/aromatic N) is 3. The van der Waals surface area contributed by atoms with Gasteiger partial charge in [0.15, 0.2) is 14.9 Å². The van der Waals surface area contributed by atoms with Crippen molar-refractivity contribution in [2.24, 2.45) is 0 Å². The van der Waals surface area contributed by atoms with Gasteiger partial charge in [-0.1, -0.05) is 34.1 Å². The lowest BCUT2D eigenvalue weighted by atomic mass is 10.6. The predicted molar refractivity (Wildman–Crippen MR) is 119 cm³/mol. The van der Waals surface area contributed by atoms with Gasteiger partial charge < -0.3 is 9.94 Å². The molecule has 11 heteroatoms. The maximum atomic E-state index is 13.2. The number of aromatic nitrogens is 1. The van der Waals surface area contributed by atoms with E-state index in [9.17, 15) is 13.6 Å². The number of rotatable bonds is 5. The number of sulfone groups is 1. The number of ether oxygens (including phenoxy) is 1. The van der Waals surface area contributed by atoms with Crippen LogP contribution in [0, 0.1) is 5.21 Å². The van der Waals surface area contributed by atoms with Gasteiger partial charge in [-0.2, -0.15) is 4.98 Å². The molecule has 0 spiro atoms. The Balaban J connectivity index is 0.000000311. The number of alkyl halides is 1. The van der Waals surface area contributed by atoms with Crippen molar-refractivity contribution in [2.45, 2.75) is 17.5 Å². The first-order chi connectivity index (χ1) is 13.1. The molecule has 1 aromatic rings. The lowest BCUT2D eigenvalue weighted by Gasteiger charge is -2.40. The lowest BCUT2D eigenvalue weighted by molar-refractivity contribution is -0.0155. The molecule has 0 amide bonds. The third kappa shape index (κ3) is 4.78. The highest BCUT2D eigenvalue weighted by Gasteiger charge is 2.46. The zero-order valence-corrected chi connectivity index (χ0v) is 19.4. The first-order valence-electron chi connectivity index (χ1n) is 8.48. The molecule has 2 atom stereocenters. The second kappa shape index (κ2) is 8.42. The van der Waals surface area contributed by atoms with Crippen LogP contribution in [0.4, 0.5) is 5.13 Å². The normalized spacial score (nSPS) is 23.1. The number of hydroxylamine groups is 2. The van der Waals surface area contributed by atoms with Gasteiger partial charge in [0, 0.05) is 25.1 Å². The maximum absolute atomic E-state index is 13.2. The summed E-state index contributed by atoms with van der Waals surface area (Å²) in [6, 6.07) is 8.48. The smallest absolute Gasteiger partial charge is 0.304 e. The highest BCUT2D eigenvalue weighted by Crippen LogP contribution is 2.37. The lowest BCUT2D eigenvalue weighted by Crippen LogP contribution is -2.54. The molecule has 0 bridgehead atoms. The average molecular weight is 506 g/mol. The van der Waals surface area contributed by atoms with E-state index in [2.05, 4.69) is 45.2 Å². The molecule has 1 aliphatic heterocycles. The Morgan fingerprint density at radius 3 is 2.61 bits per heavy atom. The summed E-state index contributed by atoms with van der Waals surface area (Å²) in [5.41, 5.74) is 2.85. The van der Waals surface area contributed by atoms with Crippen LogP contribution in [0.5, 0.6) is 0 Å². The first kappa shape index (κ1) is 21.8. The Morgan fingerprint density at radius 1 is 1.50 bits per heavy atom. The molecular formula is C17H20BrN3O4S3. The maximum Gasteiger partial charge on any atom is 0.304 e. The summed E-state index contributed by atoms with van der Waals surface area (Å²) in [7, 11) is -3.38. The van der Waals surface area contributed by atoms with Gasteiger partial charge in [0.2, 0.25) is 0 Å². The Kier molecular flexibility index (Phi) is 6.54. The fraction of sp³-hybridized carbons (Fsp3) is 0.412. The average Bonchev–Trinajstić information content (AvgIpc) is 3.00. The van der Waals surface area contributed by atoms with Crippen molar-refractivity contribution < 1.29 is 13.2 Å². The Morgan fingerprint density at radius 2 is 2.18 bits per heavy atom. The van der Waals surface area contributed by atoms with Crippen LogP contribution in [0.2, 0.25) is 0 Å². The molecule has 28 heavy (non-hydrogen) atoms. The van der Waals surface area contributed by atoms with Crippen molar-refractivity contribution in [2.75, 3.05) is 31.2 Å². The minimum absolute atomic E-state index is 0.0765. The van der Waals surface area contributed by atoms with Crippen LogP contribution >= 0.6 is 39.5 Å². The Labute approximate surface area is 182 Å². The van der Waals surface area contributed by atoms with Gasteiger partial charge in [0.05, 0.1) is 12.7 Å². The molecule has 2 heterocycles. The summed E-state index contributed by atoms with van der Waals surface area (Å²) in [6.07, 6.45) is 1.48. The molecule has 2 aliphatic carbocycles. The second-order valence-electron chi connectivity index (χ2n) is 6.49. The van der Waals surface area contributed by atoms with E-state index in [-0.39, 0.29) is 20.9 Å². The van der Waals surface area contributed by atoms with Gasteiger partial charge >= 0.3 is 6.35 Å². The van der Waals surface area contributed by atoms with Crippen LogP contribution in [0.25, 0.3) is 11.1 Å². The third-order valence-electron chi connectivity index (χ3n) is 4.31. The van der Waals surface area contributed by atoms with Crippen molar-refractivity contribution in [3.05, 3.63) is 35.7 Å². The summed E-state index contributed by atoms with van der Waals surface area (Å²) in [5.74, 6) is 0. The van der Waals surface area contributed by atoms with Crippen LogP contribution < -0.4 is 4.65 Å². The SMILES string of the molecule is CC(=S)OC1N(CCBr)CC[N+]1([O-])c1ncc(S(C)(=O)=O)s1.c1cc2cc-2c1. The number of quaternary nitrogens is 1. The minimum Gasteiger partial charge on any atom is -0.622 e. The quantitative estimate of drug-likeness (QED) is 0.227. The molecule has 0 radical (unpaired) electrons. The molecule has 3 aliphatic rings. The van der Waals surface area contributed by atoms with Crippen molar-refractivity contribution in [1.82, 2.24) is 14.5 Å². The second-order valence-corrected chi connectivity index (χ2v) is 11.1. The topological polar surface area (TPSA) is 82.6 Å². The van der Waals surface area contributed by atoms with Crippen molar-refractivity contribution in [3.8, 4) is 11.1 Å². The number of thiazole rings is 1. The fourth-order valence-electron chi connectivity index (χ4n) is 2.86. The molecule has 0 aromatic carbocycles. The molecule has 1 fully saturated rings. The van der Waals surface area contributed by atoms with Gasteiger partial charge in [-0.25, -0.2) is 13.3 Å². The van der Waals surface area contributed by atoms with Gasteiger partial charge in [0.1, 0.15) is 10.8 Å². The number of halogens is 1.